The van der Waals surface area contributed by atoms with Crippen molar-refractivity contribution < 1.29 is 9.18 Å². The molecule has 3 aromatic rings. The van der Waals surface area contributed by atoms with Crippen LogP contribution in [0.1, 0.15) is 15.9 Å². The average Bonchev–Trinajstić information content (AvgIpc) is 2.65. The van der Waals surface area contributed by atoms with Gasteiger partial charge in [0.15, 0.2) is 0 Å². The van der Waals surface area contributed by atoms with Crippen molar-refractivity contribution in [3.05, 3.63) is 77.9 Å². The third kappa shape index (κ3) is 3.95. The van der Waals surface area contributed by atoms with Gasteiger partial charge in [-0.15, -0.1) is 0 Å². The second-order valence-corrected chi connectivity index (χ2v) is 5.04. The topological polar surface area (TPSA) is 90.7 Å². The highest BCUT2D eigenvalue weighted by Gasteiger charge is 2.10. The molecule has 0 atom stereocenters. The summed E-state index contributed by atoms with van der Waals surface area (Å²) in [5.41, 5.74) is 1.55. The summed E-state index contributed by atoms with van der Waals surface area (Å²) in [6, 6.07) is 14.7. The van der Waals surface area contributed by atoms with E-state index in [4.69, 9.17) is 5.26 Å². The predicted molar refractivity (Wildman–Crippen MR) is 90.8 cm³/mol. The van der Waals surface area contributed by atoms with E-state index in [9.17, 15) is 9.18 Å². The molecular formula is C18H12FN5O. The molecule has 6 nitrogen and oxygen atoms in total. The molecule has 0 aliphatic heterocycles. The van der Waals surface area contributed by atoms with Crippen molar-refractivity contribution in [3.8, 4) is 6.07 Å². The number of hydrogen-bond donors (Lipinski definition) is 2. The van der Waals surface area contributed by atoms with Crippen LogP contribution in [0, 0.1) is 17.1 Å². The van der Waals surface area contributed by atoms with Crippen LogP contribution < -0.4 is 10.6 Å². The van der Waals surface area contributed by atoms with E-state index in [2.05, 4.69) is 20.6 Å². The smallest absolute Gasteiger partial charge is 0.258 e. The highest BCUT2D eigenvalue weighted by atomic mass is 19.1. The zero-order valence-electron chi connectivity index (χ0n) is 12.9. The van der Waals surface area contributed by atoms with Gasteiger partial charge in [0.2, 0.25) is 5.95 Å². The fourth-order valence-electron chi connectivity index (χ4n) is 2.02. The van der Waals surface area contributed by atoms with Crippen LogP contribution in [0.25, 0.3) is 0 Å². The lowest BCUT2D eigenvalue weighted by atomic mass is 10.2. The molecule has 0 radical (unpaired) electrons. The number of halogens is 1. The molecule has 1 amide bonds. The highest BCUT2D eigenvalue weighted by molar-refractivity contribution is 6.03. The van der Waals surface area contributed by atoms with E-state index in [1.165, 1.54) is 30.6 Å². The van der Waals surface area contributed by atoms with Crippen LogP contribution in [0.5, 0.6) is 0 Å². The van der Waals surface area contributed by atoms with E-state index >= 15 is 0 Å². The number of carbonyl (C=O) groups excluding carboxylic acids is 1. The molecule has 2 N–H and O–H groups in total. The first-order valence-electron chi connectivity index (χ1n) is 7.31. The Labute approximate surface area is 143 Å². The number of rotatable bonds is 4. The molecule has 1 heterocycles. The summed E-state index contributed by atoms with van der Waals surface area (Å²) < 4.78 is 13.6. The van der Waals surface area contributed by atoms with Crippen LogP contribution in [0.4, 0.5) is 21.7 Å². The lowest BCUT2D eigenvalue weighted by Crippen LogP contribution is -2.14. The highest BCUT2D eigenvalue weighted by Crippen LogP contribution is 2.15. The Morgan fingerprint density at radius 2 is 1.72 bits per heavy atom. The summed E-state index contributed by atoms with van der Waals surface area (Å²) in [4.78, 5) is 20.2. The van der Waals surface area contributed by atoms with Gasteiger partial charge in [-0.05, 0) is 36.4 Å². The summed E-state index contributed by atoms with van der Waals surface area (Å²) in [7, 11) is 0. The van der Waals surface area contributed by atoms with Gasteiger partial charge >= 0.3 is 0 Å². The van der Waals surface area contributed by atoms with E-state index in [1.807, 2.05) is 6.07 Å². The Morgan fingerprint density at radius 1 is 1.04 bits per heavy atom. The second kappa shape index (κ2) is 7.19. The largest absolute Gasteiger partial charge is 0.324 e. The standard InChI is InChI=1S/C18H12FN5O/c19-15-3-1-2-4-16(15)24-17(25)13-10-21-18(22-11-13)23-14-7-5-12(9-20)6-8-14/h1-8,10-11H,(H,24,25)(H,21,22,23). The Hall–Kier alpha value is -3.79. The minimum Gasteiger partial charge on any atom is -0.324 e. The summed E-state index contributed by atoms with van der Waals surface area (Å²) in [5.74, 6) is -0.724. The first kappa shape index (κ1) is 16.1. The fraction of sp³-hybridized carbons (Fsp3) is 0. The summed E-state index contributed by atoms with van der Waals surface area (Å²) in [6.45, 7) is 0. The van der Waals surface area contributed by atoms with Gasteiger partial charge < -0.3 is 10.6 Å². The van der Waals surface area contributed by atoms with Crippen molar-refractivity contribution in [2.45, 2.75) is 0 Å². The maximum Gasteiger partial charge on any atom is 0.258 e. The van der Waals surface area contributed by atoms with Crippen molar-refractivity contribution in [2.24, 2.45) is 0 Å². The van der Waals surface area contributed by atoms with Gasteiger partial charge in [0, 0.05) is 18.1 Å². The number of anilines is 3. The molecule has 2 aromatic carbocycles. The molecule has 0 saturated carbocycles. The van der Waals surface area contributed by atoms with Crippen molar-refractivity contribution in [1.29, 1.82) is 5.26 Å². The van der Waals surface area contributed by atoms with Crippen LogP contribution in [0.3, 0.4) is 0 Å². The number of carbonyl (C=O) groups is 1. The number of benzene rings is 2. The van der Waals surface area contributed by atoms with Gasteiger partial charge in [-0.3, -0.25) is 4.79 Å². The van der Waals surface area contributed by atoms with Crippen LogP contribution in [-0.2, 0) is 0 Å². The van der Waals surface area contributed by atoms with E-state index in [1.54, 1.807) is 30.3 Å². The van der Waals surface area contributed by atoms with Gasteiger partial charge in [-0.1, -0.05) is 12.1 Å². The van der Waals surface area contributed by atoms with E-state index < -0.39 is 11.7 Å². The number of amides is 1. The van der Waals surface area contributed by atoms with E-state index in [-0.39, 0.29) is 11.3 Å². The molecule has 0 fully saturated rings. The lowest BCUT2D eigenvalue weighted by molar-refractivity contribution is 0.102. The van der Waals surface area contributed by atoms with Gasteiger partial charge in [-0.2, -0.15) is 5.26 Å². The Balaban J connectivity index is 1.68. The zero-order chi connectivity index (χ0) is 17.6. The second-order valence-electron chi connectivity index (χ2n) is 5.04. The molecule has 25 heavy (non-hydrogen) atoms. The lowest BCUT2D eigenvalue weighted by Gasteiger charge is -2.07. The predicted octanol–water partition coefficient (Wildman–Crippen LogP) is 3.48. The number of aromatic nitrogens is 2. The SMILES string of the molecule is N#Cc1ccc(Nc2ncc(C(=O)Nc3ccccc3F)cn2)cc1. The number of nitrogens with one attached hydrogen (secondary N) is 2. The van der Waals surface area contributed by atoms with Gasteiger partial charge in [0.25, 0.3) is 5.91 Å². The molecule has 0 bridgehead atoms. The van der Waals surface area contributed by atoms with Crippen LogP contribution in [0.15, 0.2) is 60.9 Å². The third-order valence-electron chi connectivity index (χ3n) is 3.31. The van der Waals surface area contributed by atoms with Crippen LogP contribution in [-0.4, -0.2) is 15.9 Å². The summed E-state index contributed by atoms with van der Waals surface area (Å²) in [5, 5.41) is 14.2. The minimum absolute atomic E-state index is 0.0901. The Morgan fingerprint density at radius 3 is 2.36 bits per heavy atom. The first-order chi connectivity index (χ1) is 12.2. The monoisotopic (exact) mass is 333 g/mol. The van der Waals surface area contributed by atoms with Crippen molar-refractivity contribution in [2.75, 3.05) is 10.6 Å². The summed E-state index contributed by atoms with van der Waals surface area (Å²) in [6.07, 6.45) is 2.68. The normalized spacial score (nSPS) is 9.92. The molecule has 122 valence electrons. The molecule has 3 rings (SSSR count). The minimum atomic E-state index is -0.518. The number of hydrogen-bond acceptors (Lipinski definition) is 5. The van der Waals surface area contributed by atoms with Crippen molar-refractivity contribution in [3.63, 3.8) is 0 Å². The first-order valence-corrected chi connectivity index (χ1v) is 7.31. The molecule has 7 heteroatoms. The summed E-state index contributed by atoms with van der Waals surface area (Å²) >= 11 is 0. The average molecular weight is 333 g/mol. The molecule has 0 unspecified atom stereocenters. The van der Waals surface area contributed by atoms with Gasteiger partial charge in [0.05, 0.1) is 22.9 Å². The van der Waals surface area contributed by atoms with Crippen LogP contribution in [0.2, 0.25) is 0 Å². The zero-order valence-corrected chi connectivity index (χ0v) is 12.9. The number of nitrogens with zero attached hydrogens (tertiary/aromatic N) is 3. The van der Waals surface area contributed by atoms with E-state index in [0.29, 0.717) is 17.2 Å². The molecule has 1 aromatic heterocycles. The molecule has 0 aliphatic rings. The van der Waals surface area contributed by atoms with Crippen molar-refractivity contribution in [1.82, 2.24) is 9.97 Å². The van der Waals surface area contributed by atoms with Gasteiger partial charge in [0.1, 0.15) is 5.82 Å². The quantitative estimate of drug-likeness (QED) is 0.763. The number of nitriles is 1. The maximum atomic E-state index is 13.6. The van der Waals surface area contributed by atoms with Crippen LogP contribution >= 0.6 is 0 Å². The molecule has 0 spiro atoms. The third-order valence-corrected chi connectivity index (χ3v) is 3.31. The Kier molecular flexibility index (Phi) is 4.62. The molecule has 0 saturated heterocycles. The maximum absolute atomic E-state index is 13.6. The molecular weight excluding hydrogens is 321 g/mol. The van der Waals surface area contributed by atoms with E-state index in [0.717, 1.165) is 0 Å². The molecule has 0 aliphatic carbocycles. The number of para-hydroxylation sites is 1. The Bertz CT molecular complexity index is 933. The fourth-order valence-corrected chi connectivity index (χ4v) is 2.02. The van der Waals surface area contributed by atoms with Crippen molar-refractivity contribution >= 4 is 23.2 Å². The van der Waals surface area contributed by atoms with Gasteiger partial charge in [-0.25, -0.2) is 14.4 Å².